The molecule has 0 bridgehead atoms. The van der Waals surface area contributed by atoms with Crippen LogP contribution < -0.4 is 10.1 Å². The molecule has 3 aromatic rings. The van der Waals surface area contributed by atoms with Gasteiger partial charge in [-0.1, -0.05) is 0 Å². The molecule has 4 rings (SSSR count). The predicted octanol–water partition coefficient (Wildman–Crippen LogP) is 3.70. The van der Waals surface area contributed by atoms with Crippen molar-refractivity contribution in [3.05, 3.63) is 47.7 Å². The molecular weight excluding hydrogens is 404 g/mol. The SMILES string of the molecule is CC(C)Nc1n[nH]c2nc([C@@H]3CCCN3C(=O)c3ccc(OCCN(C)C)cc3)ccc12. The zero-order valence-corrected chi connectivity index (χ0v) is 19.3. The molecule has 170 valence electrons. The molecule has 0 saturated carbocycles. The van der Waals surface area contributed by atoms with Crippen LogP contribution in [0.3, 0.4) is 0 Å². The number of ether oxygens (including phenoxy) is 1. The lowest BCUT2D eigenvalue weighted by Gasteiger charge is -2.24. The van der Waals surface area contributed by atoms with E-state index in [0.29, 0.717) is 12.2 Å². The Bertz CT molecular complexity index is 1060. The highest BCUT2D eigenvalue weighted by Gasteiger charge is 2.32. The first kappa shape index (κ1) is 22.1. The third kappa shape index (κ3) is 4.85. The van der Waals surface area contributed by atoms with E-state index in [-0.39, 0.29) is 18.0 Å². The summed E-state index contributed by atoms with van der Waals surface area (Å²) in [5.74, 6) is 1.61. The van der Waals surface area contributed by atoms with Gasteiger partial charge < -0.3 is 19.9 Å². The van der Waals surface area contributed by atoms with E-state index in [4.69, 9.17) is 9.72 Å². The Morgan fingerprint density at radius 2 is 2.03 bits per heavy atom. The Kier molecular flexibility index (Phi) is 6.60. The number of likely N-dealkylation sites (N-methyl/N-ethyl adjacent to an activating group) is 1. The number of rotatable bonds is 8. The van der Waals surface area contributed by atoms with Gasteiger partial charge in [0.1, 0.15) is 12.4 Å². The fourth-order valence-electron chi connectivity index (χ4n) is 4.01. The van der Waals surface area contributed by atoms with E-state index in [1.807, 2.05) is 55.4 Å². The fraction of sp³-hybridized carbons (Fsp3) is 0.458. The second-order valence-corrected chi connectivity index (χ2v) is 8.84. The number of anilines is 1. The molecule has 1 atom stereocenters. The van der Waals surface area contributed by atoms with E-state index >= 15 is 0 Å². The highest BCUT2D eigenvalue weighted by atomic mass is 16.5. The lowest BCUT2D eigenvalue weighted by molar-refractivity contribution is 0.0733. The fourth-order valence-corrected chi connectivity index (χ4v) is 4.01. The number of nitrogens with zero attached hydrogens (tertiary/aromatic N) is 4. The molecule has 3 heterocycles. The molecule has 8 nitrogen and oxygen atoms in total. The first-order valence-electron chi connectivity index (χ1n) is 11.2. The van der Waals surface area contributed by atoms with Gasteiger partial charge >= 0.3 is 0 Å². The van der Waals surface area contributed by atoms with Gasteiger partial charge in [-0.3, -0.25) is 9.89 Å². The van der Waals surface area contributed by atoms with Crippen molar-refractivity contribution in [2.45, 2.75) is 38.8 Å². The van der Waals surface area contributed by atoms with Gasteiger partial charge in [-0.05, 0) is 77.2 Å². The molecule has 2 aromatic heterocycles. The molecule has 0 unspecified atom stereocenters. The molecular formula is C24H32N6O2. The monoisotopic (exact) mass is 436 g/mol. The van der Waals surface area contributed by atoms with Crippen molar-refractivity contribution in [3.63, 3.8) is 0 Å². The van der Waals surface area contributed by atoms with Crippen LogP contribution in [0.15, 0.2) is 36.4 Å². The van der Waals surface area contributed by atoms with Gasteiger partial charge in [0.05, 0.1) is 17.1 Å². The summed E-state index contributed by atoms with van der Waals surface area (Å²) in [6, 6.07) is 11.7. The molecule has 1 fully saturated rings. The summed E-state index contributed by atoms with van der Waals surface area (Å²) in [4.78, 5) is 22.1. The topological polar surface area (TPSA) is 86.4 Å². The van der Waals surface area contributed by atoms with Gasteiger partial charge in [0, 0.05) is 24.7 Å². The van der Waals surface area contributed by atoms with Gasteiger partial charge in [0.15, 0.2) is 11.5 Å². The minimum atomic E-state index is -0.0345. The standard InChI is InChI=1S/C24H32N6O2/c1-16(2)25-22-19-11-12-20(26-23(19)28-27-22)21-6-5-13-30(21)24(31)17-7-9-18(10-8-17)32-15-14-29(3)4/h7-12,16,21H,5-6,13-15H2,1-4H3,(H2,25,26,27,28)/t21-/m0/s1. The van der Waals surface area contributed by atoms with Gasteiger partial charge in [0.2, 0.25) is 0 Å². The minimum absolute atomic E-state index is 0.0287. The van der Waals surface area contributed by atoms with Crippen molar-refractivity contribution in [2.24, 2.45) is 0 Å². The number of aromatic nitrogens is 3. The number of hydrogen-bond donors (Lipinski definition) is 2. The molecule has 1 aliphatic heterocycles. The molecule has 1 aromatic carbocycles. The van der Waals surface area contributed by atoms with E-state index in [0.717, 1.165) is 54.2 Å². The van der Waals surface area contributed by atoms with Crippen LogP contribution in [-0.2, 0) is 0 Å². The maximum Gasteiger partial charge on any atom is 0.254 e. The van der Waals surface area contributed by atoms with Crippen LogP contribution >= 0.6 is 0 Å². The Labute approximate surface area is 189 Å². The molecule has 1 aliphatic rings. The second kappa shape index (κ2) is 9.56. The lowest BCUT2D eigenvalue weighted by Crippen LogP contribution is -2.31. The number of nitrogens with one attached hydrogen (secondary N) is 2. The van der Waals surface area contributed by atoms with Crippen LogP contribution in [0.5, 0.6) is 5.75 Å². The molecule has 0 radical (unpaired) electrons. The van der Waals surface area contributed by atoms with Crippen LogP contribution in [0.2, 0.25) is 0 Å². The summed E-state index contributed by atoms with van der Waals surface area (Å²) < 4.78 is 5.74. The van der Waals surface area contributed by atoms with Crippen LogP contribution in [-0.4, -0.2) is 70.7 Å². The molecule has 1 amide bonds. The third-order valence-corrected chi connectivity index (χ3v) is 5.63. The summed E-state index contributed by atoms with van der Waals surface area (Å²) in [7, 11) is 4.02. The van der Waals surface area contributed by atoms with Crippen molar-refractivity contribution >= 4 is 22.8 Å². The highest BCUT2D eigenvalue weighted by molar-refractivity contribution is 5.95. The first-order chi connectivity index (χ1) is 15.4. The number of carbonyl (C=O) groups excluding carboxylic acids is 1. The number of benzene rings is 1. The average Bonchev–Trinajstić information content (AvgIpc) is 3.40. The zero-order valence-electron chi connectivity index (χ0n) is 19.3. The Morgan fingerprint density at radius 1 is 1.25 bits per heavy atom. The Hall–Kier alpha value is -3.13. The number of fused-ring (bicyclic) bond motifs is 1. The van der Waals surface area contributed by atoms with Crippen molar-refractivity contribution in [1.82, 2.24) is 25.0 Å². The average molecular weight is 437 g/mol. The van der Waals surface area contributed by atoms with Crippen LogP contribution in [0.1, 0.15) is 48.8 Å². The molecule has 2 N–H and O–H groups in total. The minimum Gasteiger partial charge on any atom is -0.492 e. The number of pyridine rings is 1. The number of hydrogen-bond acceptors (Lipinski definition) is 6. The number of likely N-dealkylation sites (tertiary alicyclic amines) is 1. The van der Waals surface area contributed by atoms with E-state index < -0.39 is 0 Å². The normalized spacial score (nSPS) is 16.3. The molecule has 0 spiro atoms. The second-order valence-electron chi connectivity index (χ2n) is 8.84. The van der Waals surface area contributed by atoms with Gasteiger partial charge in [-0.2, -0.15) is 5.10 Å². The third-order valence-electron chi connectivity index (χ3n) is 5.63. The van der Waals surface area contributed by atoms with E-state index in [1.165, 1.54) is 0 Å². The largest absolute Gasteiger partial charge is 0.492 e. The number of carbonyl (C=O) groups is 1. The van der Waals surface area contributed by atoms with Gasteiger partial charge in [-0.25, -0.2) is 4.98 Å². The quantitative estimate of drug-likeness (QED) is 0.560. The van der Waals surface area contributed by atoms with Gasteiger partial charge in [-0.15, -0.1) is 0 Å². The number of amides is 1. The van der Waals surface area contributed by atoms with Crippen molar-refractivity contribution in [2.75, 3.05) is 39.1 Å². The smallest absolute Gasteiger partial charge is 0.254 e. The number of aromatic amines is 1. The Balaban J connectivity index is 1.47. The first-order valence-corrected chi connectivity index (χ1v) is 11.2. The summed E-state index contributed by atoms with van der Waals surface area (Å²) in [6.45, 7) is 6.34. The number of H-pyrrole nitrogens is 1. The van der Waals surface area contributed by atoms with Crippen molar-refractivity contribution < 1.29 is 9.53 Å². The van der Waals surface area contributed by atoms with Crippen molar-refractivity contribution in [1.29, 1.82) is 0 Å². The molecule has 8 heteroatoms. The maximum atomic E-state index is 13.3. The van der Waals surface area contributed by atoms with E-state index in [9.17, 15) is 4.79 Å². The summed E-state index contributed by atoms with van der Waals surface area (Å²) in [6.07, 6.45) is 1.87. The Morgan fingerprint density at radius 3 is 2.75 bits per heavy atom. The maximum absolute atomic E-state index is 13.3. The summed E-state index contributed by atoms with van der Waals surface area (Å²) >= 11 is 0. The molecule has 0 aliphatic carbocycles. The van der Waals surface area contributed by atoms with Gasteiger partial charge in [0.25, 0.3) is 5.91 Å². The predicted molar refractivity (Wildman–Crippen MR) is 126 cm³/mol. The van der Waals surface area contributed by atoms with Crippen LogP contribution in [0, 0.1) is 0 Å². The van der Waals surface area contributed by atoms with E-state index in [2.05, 4.69) is 34.3 Å². The van der Waals surface area contributed by atoms with Crippen molar-refractivity contribution in [3.8, 4) is 5.75 Å². The summed E-state index contributed by atoms with van der Waals surface area (Å²) in [5, 5.41) is 11.7. The zero-order chi connectivity index (χ0) is 22.7. The van der Waals surface area contributed by atoms with Crippen LogP contribution in [0.25, 0.3) is 11.0 Å². The van der Waals surface area contributed by atoms with Crippen LogP contribution in [0.4, 0.5) is 5.82 Å². The van der Waals surface area contributed by atoms with E-state index in [1.54, 1.807) is 0 Å². The molecule has 1 saturated heterocycles. The molecule has 32 heavy (non-hydrogen) atoms. The highest BCUT2D eigenvalue weighted by Crippen LogP contribution is 2.33. The summed E-state index contributed by atoms with van der Waals surface area (Å²) in [5.41, 5.74) is 2.30. The lowest BCUT2D eigenvalue weighted by atomic mass is 10.1.